The van der Waals surface area contributed by atoms with Crippen molar-refractivity contribution in [1.82, 2.24) is 5.06 Å². The van der Waals surface area contributed by atoms with E-state index < -0.39 is 25.9 Å². The summed E-state index contributed by atoms with van der Waals surface area (Å²) in [7, 11) is 1.85. The minimum atomic E-state index is -2.72. The Labute approximate surface area is 212 Å². The van der Waals surface area contributed by atoms with Gasteiger partial charge in [-0.15, -0.1) is 0 Å². The third-order valence-electron chi connectivity index (χ3n) is 6.83. The lowest BCUT2D eigenvalue weighted by atomic mass is 9.84. The van der Waals surface area contributed by atoms with Crippen molar-refractivity contribution in [2.45, 2.75) is 64.7 Å². The summed E-state index contributed by atoms with van der Waals surface area (Å²) in [5.74, 6) is -0.201. The second-order valence-electron chi connectivity index (χ2n) is 10.8. The van der Waals surface area contributed by atoms with Gasteiger partial charge in [0, 0.05) is 32.6 Å². The number of aliphatic hydroxyl groups is 1. The second kappa shape index (κ2) is 12.3. The number of ether oxygens (including phenoxy) is 1. The first-order valence-corrected chi connectivity index (χ1v) is 14.1. The summed E-state index contributed by atoms with van der Waals surface area (Å²) >= 11 is 0. The van der Waals surface area contributed by atoms with E-state index in [4.69, 9.17) is 14.0 Å². The van der Waals surface area contributed by atoms with Gasteiger partial charge in [0.15, 0.2) is 0 Å². The molecule has 0 saturated heterocycles. The predicted molar refractivity (Wildman–Crippen MR) is 143 cm³/mol. The van der Waals surface area contributed by atoms with E-state index in [1.807, 2.05) is 26.0 Å². The smallest absolute Gasteiger partial charge is 0.261 e. The van der Waals surface area contributed by atoms with Gasteiger partial charge in [0.05, 0.1) is 25.7 Å². The third-order valence-corrected chi connectivity index (χ3v) is 11.8. The van der Waals surface area contributed by atoms with Gasteiger partial charge in [0.1, 0.15) is 0 Å². The standard InChI is InChI=1S/C28H43NO5Si/c1-27(2,3)35(23-15-11-9-12-16-23,24-17-13-10-14-18-24)34-21-28(4,5)25(30)19-22(32-7)20-26(31)29(6)33-8/h9-18,22,25,30H,19-21H2,1-8H3/t22-,25-/m0/s1. The van der Waals surface area contributed by atoms with Gasteiger partial charge in [-0.1, -0.05) is 95.3 Å². The molecule has 0 saturated carbocycles. The molecule has 194 valence electrons. The molecule has 2 aromatic carbocycles. The van der Waals surface area contributed by atoms with Crippen LogP contribution in [0, 0.1) is 5.41 Å². The number of rotatable bonds is 12. The van der Waals surface area contributed by atoms with E-state index in [0.717, 1.165) is 0 Å². The first kappa shape index (κ1) is 29.2. The van der Waals surface area contributed by atoms with E-state index in [1.54, 1.807) is 14.2 Å². The zero-order valence-corrected chi connectivity index (χ0v) is 23.6. The van der Waals surface area contributed by atoms with E-state index >= 15 is 0 Å². The van der Waals surface area contributed by atoms with Gasteiger partial charge in [-0.3, -0.25) is 9.63 Å². The molecule has 0 aliphatic rings. The molecule has 6 nitrogen and oxygen atoms in total. The molecule has 0 spiro atoms. The Morgan fingerprint density at radius 1 is 0.943 bits per heavy atom. The van der Waals surface area contributed by atoms with Gasteiger partial charge in [-0.2, -0.15) is 0 Å². The minimum Gasteiger partial charge on any atom is -0.407 e. The number of methoxy groups -OCH3 is 1. The fourth-order valence-electron chi connectivity index (χ4n) is 4.41. The van der Waals surface area contributed by atoms with Crippen molar-refractivity contribution in [2.75, 3.05) is 27.9 Å². The van der Waals surface area contributed by atoms with Gasteiger partial charge in [0.2, 0.25) is 5.91 Å². The molecule has 1 N–H and O–H groups in total. The topological polar surface area (TPSA) is 68.2 Å². The summed E-state index contributed by atoms with van der Waals surface area (Å²) < 4.78 is 12.6. The van der Waals surface area contributed by atoms with E-state index in [2.05, 4.69) is 69.3 Å². The van der Waals surface area contributed by atoms with Crippen LogP contribution in [-0.4, -0.2) is 64.5 Å². The Bertz CT molecular complexity index is 874. The van der Waals surface area contributed by atoms with Crippen molar-refractivity contribution in [2.24, 2.45) is 5.41 Å². The average molecular weight is 502 g/mol. The minimum absolute atomic E-state index is 0.129. The lowest BCUT2D eigenvalue weighted by molar-refractivity contribution is -0.171. The van der Waals surface area contributed by atoms with Crippen LogP contribution >= 0.6 is 0 Å². The molecule has 0 fully saturated rings. The van der Waals surface area contributed by atoms with Crippen molar-refractivity contribution in [1.29, 1.82) is 0 Å². The number of hydrogen-bond acceptors (Lipinski definition) is 5. The zero-order chi connectivity index (χ0) is 26.3. The Balaban J connectivity index is 2.32. The number of hydroxylamine groups is 2. The molecule has 2 aromatic rings. The lowest BCUT2D eigenvalue weighted by Crippen LogP contribution is -2.67. The van der Waals surface area contributed by atoms with Crippen LogP contribution in [0.2, 0.25) is 5.04 Å². The van der Waals surface area contributed by atoms with Crippen LogP contribution in [0.1, 0.15) is 47.5 Å². The molecule has 7 heteroatoms. The molecule has 2 atom stereocenters. The summed E-state index contributed by atoms with van der Waals surface area (Å²) in [6, 6.07) is 20.9. The maximum absolute atomic E-state index is 12.3. The molecule has 0 heterocycles. The van der Waals surface area contributed by atoms with Crippen LogP contribution in [0.4, 0.5) is 0 Å². The Morgan fingerprint density at radius 3 is 1.83 bits per heavy atom. The van der Waals surface area contributed by atoms with E-state index in [1.165, 1.54) is 22.5 Å². The second-order valence-corrected chi connectivity index (χ2v) is 15.1. The first-order valence-electron chi connectivity index (χ1n) is 12.2. The number of nitrogens with zero attached hydrogens (tertiary/aromatic N) is 1. The number of amides is 1. The molecule has 1 amide bonds. The van der Waals surface area contributed by atoms with Crippen molar-refractivity contribution in [3.8, 4) is 0 Å². The van der Waals surface area contributed by atoms with Crippen LogP contribution in [0.15, 0.2) is 60.7 Å². The molecular formula is C28H43NO5Si. The van der Waals surface area contributed by atoms with Crippen molar-refractivity contribution >= 4 is 24.6 Å². The SMILES string of the molecule is CO[C@H](CC(=O)N(C)OC)C[C@H](O)C(C)(C)CO[Si](c1ccccc1)(c1ccccc1)C(C)(C)C. The highest BCUT2D eigenvalue weighted by molar-refractivity contribution is 6.99. The van der Waals surface area contributed by atoms with Crippen LogP contribution in [-0.2, 0) is 18.8 Å². The number of aliphatic hydroxyl groups excluding tert-OH is 1. The first-order chi connectivity index (χ1) is 16.4. The molecule has 0 unspecified atom stereocenters. The van der Waals surface area contributed by atoms with Gasteiger partial charge in [-0.05, 0) is 15.4 Å². The Morgan fingerprint density at radius 2 is 1.43 bits per heavy atom. The summed E-state index contributed by atoms with van der Waals surface area (Å²) in [5.41, 5.74) is -0.569. The molecule has 0 aliphatic carbocycles. The monoisotopic (exact) mass is 501 g/mol. The summed E-state index contributed by atoms with van der Waals surface area (Å²) in [6.45, 7) is 11.1. The summed E-state index contributed by atoms with van der Waals surface area (Å²) in [6.07, 6.45) is -0.714. The van der Waals surface area contributed by atoms with Gasteiger partial charge in [0.25, 0.3) is 8.32 Å². The molecule has 0 radical (unpaired) electrons. The average Bonchev–Trinajstić information content (AvgIpc) is 2.83. The number of carbonyl (C=O) groups is 1. The van der Waals surface area contributed by atoms with Gasteiger partial charge in [-0.25, -0.2) is 5.06 Å². The number of hydrogen-bond donors (Lipinski definition) is 1. The highest BCUT2D eigenvalue weighted by Gasteiger charge is 2.51. The van der Waals surface area contributed by atoms with Crippen molar-refractivity contribution < 1.29 is 23.9 Å². The Kier molecular flexibility index (Phi) is 10.2. The fraction of sp³-hybridized carbons (Fsp3) is 0.536. The van der Waals surface area contributed by atoms with E-state index in [0.29, 0.717) is 13.0 Å². The molecular weight excluding hydrogens is 458 g/mol. The number of benzene rings is 2. The molecule has 0 bridgehead atoms. The van der Waals surface area contributed by atoms with Crippen molar-refractivity contribution in [3.63, 3.8) is 0 Å². The van der Waals surface area contributed by atoms with Crippen LogP contribution in [0.3, 0.4) is 0 Å². The summed E-state index contributed by atoms with van der Waals surface area (Å²) in [5, 5.41) is 14.7. The van der Waals surface area contributed by atoms with E-state index in [-0.39, 0.29) is 17.4 Å². The van der Waals surface area contributed by atoms with E-state index in [9.17, 15) is 9.90 Å². The van der Waals surface area contributed by atoms with Crippen LogP contribution in [0.5, 0.6) is 0 Å². The molecule has 2 rings (SSSR count). The van der Waals surface area contributed by atoms with Gasteiger partial charge >= 0.3 is 0 Å². The highest BCUT2D eigenvalue weighted by atomic mass is 28.4. The number of carbonyl (C=O) groups excluding carboxylic acids is 1. The molecule has 0 aliphatic heterocycles. The maximum atomic E-state index is 12.3. The largest absolute Gasteiger partial charge is 0.407 e. The normalized spacial score (nSPS) is 14.4. The molecule has 35 heavy (non-hydrogen) atoms. The summed E-state index contributed by atoms with van der Waals surface area (Å²) in [4.78, 5) is 17.2. The van der Waals surface area contributed by atoms with Gasteiger partial charge < -0.3 is 14.3 Å². The van der Waals surface area contributed by atoms with Crippen LogP contribution in [0.25, 0.3) is 0 Å². The fourth-order valence-corrected chi connectivity index (χ4v) is 9.15. The van der Waals surface area contributed by atoms with Crippen LogP contribution < -0.4 is 10.4 Å². The predicted octanol–water partition coefficient (Wildman–Crippen LogP) is 3.77. The van der Waals surface area contributed by atoms with Crippen molar-refractivity contribution in [3.05, 3.63) is 60.7 Å². The highest BCUT2D eigenvalue weighted by Crippen LogP contribution is 2.38. The third kappa shape index (κ3) is 7.02. The maximum Gasteiger partial charge on any atom is 0.261 e. The lowest BCUT2D eigenvalue weighted by Gasteiger charge is -2.45. The Hall–Kier alpha value is -2.03. The zero-order valence-electron chi connectivity index (χ0n) is 22.6. The quantitative estimate of drug-likeness (QED) is 0.354. The molecule has 0 aromatic heterocycles.